The maximum absolute atomic E-state index is 12.3. The van der Waals surface area contributed by atoms with Gasteiger partial charge in [-0.25, -0.2) is 9.78 Å². The van der Waals surface area contributed by atoms with Gasteiger partial charge in [0, 0.05) is 15.5 Å². The van der Waals surface area contributed by atoms with Crippen molar-refractivity contribution in [3.8, 4) is 0 Å². The second-order valence-electron chi connectivity index (χ2n) is 5.97. The molecule has 6 heteroatoms. The van der Waals surface area contributed by atoms with Crippen molar-refractivity contribution in [2.45, 2.75) is 20.8 Å². The van der Waals surface area contributed by atoms with E-state index < -0.39 is 5.97 Å². The van der Waals surface area contributed by atoms with E-state index in [1.165, 1.54) is 0 Å². The summed E-state index contributed by atoms with van der Waals surface area (Å²) >= 11 is 10.1. The van der Waals surface area contributed by atoms with E-state index in [9.17, 15) is 4.79 Å². The summed E-state index contributed by atoms with van der Waals surface area (Å²) in [6, 6.07) is 11.8. The lowest BCUT2D eigenvalue weighted by Crippen LogP contribution is -2.10. The molecule has 0 radical (unpaired) electrons. The average molecular weight is 434 g/mol. The summed E-state index contributed by atoms with van der Waals surface area (Å²) in [5.41, 5.74) is 4.53. The number of hydrogen-bond acceptors (Lipinski definition) is 4. The number of rotatable bonds is 4. The minimum Gasteiger partial charge on any atom is -0.461 e. The average Bonchev–Trinajstić information content (AvgIpc) is 2.60. The van der Waals surface area contributed by atoms with Gasteiger partial charge >= 0.3 is 5.97 Å². The van der Waals surface area contributed by atoms with Crippen LogP contribution in [0.1, 0.15) is 28.5 Å². The first-order chi connectivity index (χ1) is 12.4. The van der Waals surface area contributed by atoms with Crippen LogP contribution in [0.2, 0.25) is 5.02 Å². The molecule has 1 N–H and O–H groups in total. The maximum Gasteiger partial charge on any atom is 0.358 e. The van der Waals surface area contributed by atoms with Crippen LogP contribution in [0.4, 0.5) is 11.4 Å². The van der Waals surface area contributed by atoms with E-state index >= 15 is 0 Å². The van der Waals surface area contributed by atoms with Crippen molar-refractivity contribution in [1.82, 2.24) is 4.98 Å². The zero-order valence-corrected chi connectivity index (χ0v) is 17.0. The van der Waals surface area contributed by atoms with E-state index in [1.807, 2.05) is 50.2 Å². The van der Waals surface area contributed by atoms with Gasteiger partial charge in [0.05, 0.1) is 22.8 Å². The van der Waals surface area contributed by atoms with Crippen molar-refractivity contribution in [2.75, 3.05) is 11.9 Å². The number of benzene rings is 2. The number of fused-ring (bicyclic) bond motifs is 1. The number of carbonyl (C=O) groups excluding carboxylic acids is 1. The SMILES string of the molecule is CCOC(=O)c1nc2ccc(Br)cc2c(Nc2cc(C)ccc2C)c1Cl. The first kappa shape index (κ1) is 18.7. The largest absolute Gasteiger partial charge is 0.461 e. The van der Waals surface area contributed by atoms with Crippen molar-refractivity contribution in [3.63, 3.8) is 0 Å². The standard InChI is InChI=1S/C20H18BrClN2O2/c1-4-26-20(25)19-17(22)18(14-10-13(21)7-8-15(14)23-19)24-16-9-11(2)5-6-12(16)3/h5-10H,4H2,1-3H3,(H,23,24). The number of halogens is 2. The summed E-state index contributed by atoms with van der Waals surface area (Å²) < 4.78 is 6.01. The van der Waals surface area contributed by atoms with Gasteiger partial charge in [0.25, 0.3) is 0 Å². The third kappa shape index (κ3) is 3.69. The molecule has 0 saturated heterocycles. The predicted octanol–water partition coefficient (Wildman–Crippen LogP) is 6.19. The van der Waals surface area contributed by atoms with E-state index in [4.69, 9.17) is 16.3 Å². The van der Waals surface area contributed by atoms with Crippen LogP contribution in [0.15, 0.2) is 40.9 Å². The van der Waals surface area contributed by atoms with Gasteiger partial charge in [-0.3, -0.25) is 0 Å². The van der Waals surface area contributed by atoms with Crippen molar-refractivity contribution < 1.29 is 9.53 Å². The van der Waals surface area contributed by atoms with E-state index in [2.05, 4.69) is 26.2 Å². The number of esters is 1. The van der Waals surface area contributed by atoms with Gasteiger partial charge < -0.3 is 10.1 Å². The minimum absolute atomic E-state index is 0.108. The van der Waals surface area contributed by atoms with Crippen LogP contribution in [0, 0.1) is 13.8 Å². The zero-order valence-electron chi connectivity index (χ0n) is 14.7. The summed E-state index contributed by atoms with van der Waals surface area (Å²) in [5.74, 6) is -0.536. The predicted molar refractivity (Wildman–Crippen MR) is 110 cm³/mol. The molecule has 2 aromatic carbocycles. The maximum atomic E-state index is 12.3. The number of anilines is 2. The quantitative estimate of drug-likeness (QED) is 0.499. The third-order valence-electron chi connectivity index (χ3n) is 4.01. The molecule has 0 aliphatic carbocycles. The fraction of sp³-hybridized carbons (Fsp3) is 0.200. The number of ether oxygens (including phenoxy) is 1. The Labute approximate surface area is 165 Å². The molecule has 0 saturated carbocycles. The lowest BCUT2D eigenvalue weighted by molar-refractivity contribution is 0.0520. The lowest BCUT2D eigenvalue weighted by atomic mass is 10.1. The highest BCUT2D eigenvalue weighted by molar-refractivity contribution is 9.10. The van der Waals surface area contributed by atoms with Gasteiger partial charge in [-0.15, -0.1) is 0 Å². The highest BCUT2D eigenvalue weighted by atomic mass is 79.9. The number of hydrogen-bond donors (Lipinski definition) is 1. The molecule has 4 nitrogen and oxygen atoms in total. The van der Waals surface area contributed by atoms with E-state index in [1.54, 1.807) is 6.92 Å². The molecule has 134 valence electrons. The van der Waals surface area contributed by atoms with Gasteiger partial charge in [-0.05, 0) is 56.2 Å². The molecule has 0 atom stereocenters. The Morgan fingerprint density at radius 3 is 2.73 bits per heavy atom. The molecule has 0 fully saturated rings. The zero-order chi connectivity index (χ0) is 18.8. The van der Waals surface area contributed by atoms with Crippen LogP contribution in [-0.2, 0) is 4.74 Å². The van der Waals surface area contributed by atoms with Gasteiger partial charge in [-0.1, -0.05) is 39.7 Å². The van der Waals surface area contributed by atoms with Crippen LogP contribution < -0.4 is 5.32 Å². The Morgan fingerprint density at radius 1 is 1.23 bits per heavy atom. The Hall–Kier alpha value is -2.11. The molecule has 1 aromatic heterocycles. The molecule has 0 aliphatic heterocycles. The number of nitrogens with zero attached hydrogens (tertiary/aromatic N) is 1. The summed E-state index contributed by atoms with van der Waals surface area (Å²) in [6.45, 7) is 6.05. The number of aromatic nitrogens is 1. The molecule has 0 bridgehead atoms. The van der Waals surface area contributed by atoms with Crippen molar-refractivity contribution in [3.05, 3.63) is 62.7 Å². The molecule has 1 heterocycles. The van der Waals surface area contributed by atoms with E-state index in [-0.39, 0.29) is 17.3 Å². The van der Waals surface area contributed by atoms with Gasteiger partial charge in [0.1, 0.15) is 0 Å². The van der Waals surface area contributed by atoms with E-state index in [0.29, 0.717) is 11.2 Å². The summed E-state index contributed by atoms with van der Waals surface area (Å²) in [5, 5.41) is 4.45. The molecule has 0 aliphatic rings. The van der Waals surface area contributed by atoms with Crippen LogP contribution >= 0.6 is 27.5 Å². The first-order valence-electron chi connectivity index (χ1n) is 8.21. The van der Waals surface area contributed by atoms with Gasteiger partial charge in [-0.2, -0.15) is 0 Å². The van der Waals surface area contributed by atoms with Crippen molar-refractivity contribution in [1.29, 1.82) is 0 Å². The molecule has 0 amide bonds. The van der Waals surface area contributed by atoms with Crippen LogP contribution in [0.5, 0.6) is 0 Å². The Morgan fingerprint density at radius 2 is 2.00 bits per heavy atom. The Kier molecular flexibility index (Phi) is 5.49. The monoisotopic (exact) mass is 432 g/mol. The van der Waals surface area contributed by atoms with E-state index in [0.717, 1.165) is 26.7 Å². The lowest BCUT2D eigenvalue weighted by Gasteiger charge is -2.16. The topological polar surface area (TPSA) is 51.2 Å². The number of pyridine rings is 1. The first-order valence-corrected chi connectivity index (χ1v) is 9.38. The molecular formula is C20H18BrClN2O2. The minimum atomic E-state index is -0.536. The summed E-state index contributed by atoms with van der Waals surface area (Å²) in [7, 11) is 0. The van der Waals surface area contributed by atoms with Crippen molar-refractivity contribution >= 4 is 55.8 Å². The normalized spacial score (nSPS) is 10.8. The molecule has 26 heavy (non-hydrogen) atoms. The third-order valence-corrected chi connectivity index (χ3v) is 4.87. The fourth-order valence-corrected chi connectivity index (χ4v) is 3.30. The summed E-state index contributed by atoms with van der Waals surface area (Å²) in [6.07, 6.45) is 0. The highest BCUT2D eigenvalue weighted by Crippen LogP contribution is 2.37. The summed E-state index contributed by atoms with van der Waals surface area (Å²) in [4.78, 5) is 16.7. The molecule has 0 unspecified atom stereocenters. The Bertz CT molecular complexity index is 1000. The second-order valence-corrected chi connectivity index (χ2v) is 7.27. The molecule has 3 aromatic rings. The molecule has 0 spiro atoms. The smallest absolute Gasteiger partial charge is 0.358 e. The van der Waals surface area contributed by atoms with Gasteiger partial charge in [0.15, 0.2) is 5.69 Å². The number of aryl methyl sites for hydroxylation is 2. The van der Waals surface area contributed by atoms with Crippen LogP contribution in [0.3, 0.4) is 0 Å². The highest BCUT2D eigenvalue weighted by Gasteiger charge is 2.21. The Balaban J connectivity index is 2.23. The van der Waals surface area contributed by atoms with Crippen LogP contribution in [0.25, 0.3) is 10.9 Å². The molecular weight excluding hydrogens is 416 g/mol. The molecule has 3 rings (SSSR count). The van der Waals surface area contributed by atoms with Crippen LogP contribution in [-0.4, -0.2) is 17.6 Å². The number of carbonyl (C=O) groups is 1. The number of nitrogens with one attached hydrogen (secondary N) is 1. The second kappa shape index (κ2) is 7.64. The van der Waals surface area contributed by atoms with Crippen molar-refractivity contribution in [2.24, 2.45) is 0 Å². The van der Waals surface area contributed by atoms with Gasteiger partial charge in [0.2, 0.25) is 0 Å². The fourth-order valence-electron chi connectivity index (χ4n) is 2.67.